The molecule has 0 bridgehead atoms. The molecule has 2 N–H and O–H groups in total. The highest BCUT2D eigenvalue weighted by atomic mass is 19.4. The summed E-state index contributed by atoms with van der Waals surface area (Å²) in [5.41, 5.74) is -1.41. The number of nitrogens with one attached hydrogen (secondary N) is 1. The third-order valence-electron chi connectivity index (χ3n) is 4.72. The van der Waals surface area contributed by atoms with E-state index in [1.165, 1.54) is 49.4 Å². The largest absolute Gasteiger partial charge is 0.573 e. The highest BCUT2D eigenvalue weighted by Gasteiger charge is 2.46. The van der Waals surface area contributed by atoms with Gasteiger partial charge in [0.1, 0.15) is 11.6 Å². The second-order valence-electron chi connectivity index (χ2n) is 7.16. The van der Waals surface area contributed by atoms with Crippen LogP contribution in [0.25, 0.3) is 0 Å². The van der Waals surface area contributed by atoms with Gasteiger partial charge in [0.05, 0.1) is 17.6 Å². The molecule has 0 saturated heterocycles. The van der Waals surface area contributed by atoms with E-state index in [4.69, 9.17) is 0 Å². The number of alkyl halides is 3. The predicted molar refractivity (Wildman–Crippen MR) is 92.8 cm³/mol. The first-order valence-corrected chi connectivity index (χ1v) is 8.65. The lowest BCUT2D eigenvalue weighted by Gasteiger charge is -2.26. The van der Waals surface area contributed by atoms with Crippen LogP contribution in [0.5, 0.6) is 5.75 Å². The smallest absolute Gasteiger partial charge is 0.406 e. The minimum atomic E-state index is -4.80. The minimum absolute atomic E-state index is 0.279. The summed E-state index contributed by atoms with van der Waals surface area (Å²) in [5.74, 6) is -1.28. The Morgan fingerprint density at radius 1 is 1.18 bits per heavy atom. The zero-order valence-electron chi connectivity index (χ0n) is 15.0. The van der Waals surface area contributed by atoms with Gasteiger partial charge in [-0.3, -0.25) is 4.79 Å². The maximum Gasteiger partial charge on any atom is 0.573 e. The number of amides is 1. The molecule has 0 heterocycles. The van der Waals surface area contributed by atoms with Crippen LogP contribution in [0.4, 0.5) is 17.6 Å². The lowest BCUT2D eigenvalue weighted by molar-refractivity contribution is -0.274. The average Bonchev–Trinajstić information content (AvgIpc) is 3.34. The maximum absolute atomic E-state index is 13.0. The second kappa shape index (κ2) is 7.09. The first kappa shape index (κ1) is 20.1. The van der Waals surface area contributed by atoms with Gasteiger partial charge in [0, 0.05) is 0 Å². The van der Waals surface area contributed by atoms with Crippen LogP contribution in [-0.2, 0) is 15.9 Å². The van der Waals surface area contributed by atoms with Crippen molar-refractivity contribution in [3.63, 3.8) is 0 Å². The van der Waals surface area contributed by atoms with Gasteiger partial charge in [-0.2, -0.15) is 0 Å². The van der Waals surface area contributed by atoms with Crippen molar-refractivity contribution in [2.75, 3.05) is 0 Å². The van der Waals surface area contributed by atoms with Gasteiger partial charge in [0.15, 0.2) is 0 Å². The van der Waals surface area contributed by atoms with Crippen LogP contribution >= 0.6 is 0 Å². The number of benzene rings is 2. The van der Waals surface area contributed by atoms with Gasteiger partial charge in [-0.25, -0.2) is 4.39 Å². The molecule has 0 radical (unpaired) electrons. The van der Waals surface area contributed by atoms with Crippen molar-refractivity contribution in [3.8, 4) is 5.75 Å². The van der Waals surface area contributed by atoms with Crippen molar-refractivity contribution in [2.24, 2.45) is 0 Å². The molecule has 2 aromatic carbocycles. The number of hydrogen-bond acceptors (Lipinski definition) is 3. The molecular formula is C20H19F4NO3. The average molecular weight is 397 g/mol. The number of carbonyl (C=O) groups excluding carboxylic acids is 1. The van der Waals surface area contributed by atoms with E-state index in [9.17, 15) is 27.5 Å². The first-order chi connectivity index (χ1) is 13.0. The molecule has 1 aliphatic carbocycles. The number of rotatable bonds is 6. The van der Waals surface area contributed by atoms with E-state index >= 15 is 0 Å². The third-order valence-corrected chi connectivity index (χ3v) is 4.72. The summed E-state index contributed by atoms with van der Waals surface area (Å²) in [6.07, 6.45) is -3.95. The van der Waals surface area contributed by atoms with Crippen LogP contribution < -0.4 is 10.1 Å². The molecule has 28 heavy (non-hydrogen) atoms. The summed E-state index contributed by atoms with van der Waals surface area (Å²) in [4.78, 5) is 12.5. The second-order valence-corrected chi connectivity index (χ2v) is 7.16. The van der Waals surface area contributed by atoms with Gasteiger partial charge < -0.3 is 15.2 Å². The summed E-state index contributed by atoms with van der Waals surface area (Å²) in [5, 5.41) is 13.4. The van der Waals surface area contributed by atoms with Crippen LogP contribution in [0.3, 0.4) is 0 Å². The van der Waals surface area contributed by atoms with Gasteiger partial charge in [-0.05, 0) is 55.2 Å². The van der Waals surface area contributed by atoms with Gasteiger partial charge >= 0.3 is 6.36 Å². The molecule has 1 fully saturated rings. The Labute approximate surface area is 159 Å². The van der Waals surface area contributed by atoms with E-state index in [-0.39, 0.29) is 12.2 Å². The van der Waals surface area contributed by atoms with Crippen molar-refractivity contribution < 1.29 is 32.2 Å². The molecule has 0 aliphatic heterocycles. The molecule has 0 unspecified atom stereocenters. The number of aliphatic hydroxyl groups is 1. The Morgan fingerprint density at radius 3 is 2.39 bits per heavy atom. The highest BCUT2D eigenvalue weighted by molar-refractivity contribution is 5.79. The normalized spacial score (nSPS) is 17.5. The Hall–Kier alpha value is -2.61. The van der Waals surface area contributed by atoms with Crippen LogP contribution in [0, 0.1) is 5.82 Å². The maximum atomic E-state index is 13.0. The Balaban J connectivity index is 1.70. The van der Waals surface area contributed by atoms with Crippen molar-refractivity contribution in [1.29, 1.82) is 0 Å². The van der Waals surface area contributed by atoms with Gasteiger partial charge in [0.2, 0.25) is 5.91 Å². The molecule has 1 amide bonds. The lowest BCUT2D eigenvalue weighted by Crippen LogP contribution is -2.39. The van der Waals surface area contributed by atoms with Crippen LogP contribution in [0.2, 0.25) is 0 Å². The van der Waals surface area contributed by atoms with Gasteiger partial charge in [-0.1, -0.05) is 24.3 Å². The summed E-state index contributed by atoms with van der Waals surface area (Å²) in [6, 6.07) is 10.7. The van der Waals surface area contributed by atoms with E-state index in [2.05, 4.69) is 10.1 Å². The number of hydrogen-bond donors (Lipinski definition) is 2. The molecule has 1 aliphatic rings. The van der Waals surface area contributed by atoms with E-state index < -0.39 is 29.2 Å². The predicted octanol–water partition coefficient (Wildman–Crippen LogP) is 4.13. The minimum Gasteiger partial charge on any atom is -0.406 e. The molecule has 1 saturated carbocycles. The first-order valence-electron chi connectivity index (χ1n) is 8.65. The van der Waals surface area contributed by atoms with Crippen LogP contribution in [0.1, 0.15) is 37.3 Å². The van der Waals surface area contributed by atoms with E-state index in [0.29, 0.717) is 24.0 Å². The summed E-state index contributed by atoms with van der Waals surface area (Å²) in [6.45, 7) is 1.44. The fourth-order valence-electron chi connectivity index (χ4n) is 3.14. The Bertz CT molecular complexity index is 858. The van der Waals surface area contributed by atoms with E-state index in [1.54, 1.807) is 6.07 Å². The molecule has 1 atom stereocenters. The zero-order valence-corrected chi connectivity index (χ0v) is 15.0. The van der Waals surface area contributed by atoms with E-state index in [1.807, 2.05) is 0 Å². The number of carbonyl (C=O) groups is 1. The summed E-state index contributed by atoms with van der Waals surface area (Å²) in [7, 11) is 0. The fourth-order valence-corrected chi connectivity index (χ4v) is 3.14. The molecule has 0 spiro atoms. The van der Waals surface area contributed by atoms with Gasteiger partial charge in [-0.15, -0.1) is 13.2 Å². The van der Waals surface area contributed by atoms with Crippen molar-refractivity contribution >= 4 is 5.91 Å². The third kappa shape index (κ3) is 4.81. The van der Waals surface area contributed by atoms with Crippen LogP contribution in [-0.4, -0.2) is 17.4 Å². The lowest BCUT2D eigenvalue weighted by atomic mass is 9.92. The molecule has 150 valence electrons. The monoisotopic (exact) mass is 397 g/mol. The molecule has 4 nitrogen and oxygen atoms in total. The molecule has 3 rings (SSSR count). The molecule has 8 heteroatoms. The fraction of sp³-hybridized carbons (Fsp3) is 0.350. The summed E-state index contributed by atoms with van der Waals surface area (Å²) < 4.78 is 54.3. The number of ether oxygens (including phenoxy) is 1. The van der Waals surface area contributed by atoms with Gasteiger partial charge in [0.25, 0.3) is 0 Å². The standard InChI is InChI=1S/C20H19F4NO3/c1-18(27,13-5-7-15(21)8-6-13)12-17(26)25-19(9-10-19)14-3-2-4-16(11-14)28-20(22,23)24/h2-8,11,27H,9-10,12H2,1H3,(H,25,26)/t18-/m1/s1. The Kier molecular flexibility index (Phi) is 5.10. The van der Waals surface area contributed by atoms with Crippen LogP contribution in [0.15, 0.2) is 48.5 Å². The SMILES string of the molecule is C[C@@](O)(CC(=O)NC1(c2cccc(OC(F)(F)F)c2)CC1)c1ccc(F)cc1. The topological polar surface area (TPSA) is 58.6 Å². The highest BCUT2D eigenvalue weighted by Crippen LogP contribution is 2.46. The van der Waals surface area contributed by atoms with Crippen molar-refractivity contribution in [1.82, 2.24) is 5.32 Å². The Morgan fingerprint density at radius 2 is 1.82 bits per heavy atom. The zero-order chi connectivity index (χ0) is 20.6. The van der Waals surface area contributed by atoms with Crippen molar-refractivity contribution in [2.45, 2.75) is 43.7 Å². The van der Waals surface area contributed by atoms with Crippen molar-refractivity contribution in [3.05, 3.63) is 65.5 Å². The summed E-state index contributed by atoms with van der Waals surface area (Å²) >= 11 is 0. The van der Waals surface area contributed by atoms with E-state index in [0.717, 1.165) is 0 Å². The number of halogens is 4. The molecular weight excluding hydrogens is 378 g/mol. The molecule has 0 aromatic heterocycles. The quantitative estimate of drug-likeness (QED) is 0.721. The molecule has 2 aromatic rings.